The number of anilines is 1. The van der Waals surface area contributed by atoms with E-state index in [-0.39, 0.29) is 18.9 Å². The Labute approximate surface area is 67.4 Å². The molecule has 2 heteroatoms. The Morgan fingerprint density at radius 2 is 1.78 bits per heavy atom. The summed E-state index contributed by atoms with van der Waals surface area (Å²) in [4.78, 5) is 0. The smallest absolute Gasteiger partial charge is 0.0343 e. The quantitative estimate of drug-likeness (QED) is 0.398. The average molecular weight is 114 g/mol. The first-order valence-electron chi connectivity index (χ1n) is 2.62. The Morgan fingerprint density at radius 1 is 1.22 bits per heavy atom. The molecule has 0 atom stereocenters. The Kier molecular flexibility index (Phi) is 3.45. The number of hydrogen-bond donors (Lipinski definition) is 1. The van der Waals surface area contributed by atoms with E-state index in [9.17, 15) is 0 Å². The third kappa shape index (κ3) is 2.13. The van der Waals surface area contributed by atoms with Crippen molar-refractivity contribution < 1.29 is 0 Å². The summed E-state index contributed by atoms with van der Waals surface area (Å²) >= 11 is 0. The van der Waals surface area contributed by atoms with Crippen LogP contribution >= 0.6 is 0 Å². The molecule has 0 amide bonds. The minimum atomic E-state index is 0. The Bertz CT molecular complexity index is 165. The van der Waals surface area contributed by atoms with Crippen molar-refractivity contribution in [3.63, 3.8) is 0 Å². The second kappa shape index (κ2) is 3.61. The summed E-state index contributed by atoms with van der Waals surface area (Å²) in [6.45, 7) is 2.00. The Morgan fingerprint density at radius 3 is 2.11 bits per heavy atom. The van der Waals surface area contributed by atoms with Gasteiger partial charge in [0.1, 0.15) is 0 Å². The summed E-state index contributed by atoms with van der Waals surface area (Å²) in [5.41, 5.74) is 7.53. The number of aryl methyl sites for hydroxylation is 1. The van der Waals surface area contributed by atoms with Gasteiger partial charge >= 0.3 is 0 Å². The van der Waals surface area contributed by atoms with Gasteiger partial charge in [-0.1, -0.05) is 18.2 Å². The molecule has 0 fully saturated rings. The zero-order chi connectivity index (χ0) is 5.98. The van der Waals surface area contributed by atoms with Crippen molar-refractivity contribution in [1.29, 1.82) is 0 Å². The summed E-state index contributed by atoms with van der Waals surface area (Å²) in [6.07, 6.45) is 0. The molecule has 0 saturated carbocycles. The van der Waals surface area contributed by atoms with Crippen molar-refractivity contribution in [2.45, 2.75) is 6.92 Å². The van der Waals surface area contributed by atoms with Crippen LogP contribution in [0.4, 0.5) is 5.69 Å². The number of benzene rings is 1. The zero-order valence-corrected chi connectivity index (χ0v) is 5.89. The van der Waals surface area contributed by atoms with Gasteiger partial charge < -0.3 is 5.73 Å². The normalized spacial score (nSPS) is 8.11. The van der Waals surface area contributed by atoms with Gasteiger partial charge in [0.05, 0.1) is 0 Å². The van der Waals surface area contributed by atoms with Gasteiger partial charge in [0.15, 0.2) is 0 Å². The molecule has 0 saturated heterocycles. The van der Waals surface area contributed by atoms with Crippen LogP contribution in [-0.2, 0) is 0 Å². The minimum Gasteiger partial charge on any atom is -0.399 e. The number of para-hydroxylation sites is 1. The van der Waals surface area contributed by atoms with Crippen LogP contribution in [0, 0.1) is 6.92 Å². The average Bonchev–Trinajstić information content (AvgIpc) is 1.77. The number of rotatable bonds is 0. The third-order valence-corrected chi connectivity index (χ3v) is 1.19. The van der Waals surface area contributed by atoms with Crippen LogP contribution in [0.5, 0.6) is 0 Å². The molecule has 0 spiro atoms. The van der Waals surface area contributed by atoms with Crippen molar-refractivity contribution in [2.24, 2.45) is 0 Å². The molecule has 0 aromatic heterocycles. The molecule has 0 aliphatic rings. The molecule has 1 nitrogen and oxygen atoms in total. The third-order valence-electron chi connectivity index (χ3n) is 1.19. The fourth-order valence-electron chi connectivity index (χ4n) is 0.587. The summed E-state index contributed by atoms with van der Waals surface area (Å²) in [6, 6.07) is 7.80. The molecule has 1 aromatic carbocycles. The molecule has 0 heterocycles. The van der Waals surface area contributed by atoms with Crippen molar-refractivity contribution >= 4 is 24.5 Å². The first-order chi connectivity index (χ1) is 3.80. The maximum absolute atomic E-state index is 5.52. The van der Waals surface area contributed by atoms with Gasteiger partial charge in [0.25, 0.3) is 0 Å². The van der Waals surface area contributed by atoms with Crippen LogP contribution in [0.15, 0.2) is 24.3 Å². The van der Waals surface area contributed by atoms with Crippen molar-refractivity contribution in [3.8, 4) is 0 Å². The van der Waals surface area contributed by atoms with Crippen LogP contribution in [0.3, 0.4) is 0 Å². The fourth-order valence-corrected chi connectivity index (χ4v) is 0.587. The molecule has 0 unspecified atom stereocenters. The monoisotopic (exact) mass is 114 g/mol. The zero-order valence-electron chi connectivity index (χ0n) is 5.89. The van der Waals surface area contributed by atoms with E-state index < -0.39 is 0 Å². The first-order valence-corrected chi connectivity index (χ1v) is 2.62. The molecular formula is C7H9LiN. The molecule has 43 valence electrons. The molecule has 1 aromatic rings. The van der Waals surface area contributed by atoms with Crippen molar-refractivity contribution in [3.05, 3.63) is 29.8 Å². The van der Waals surface area contributed by atoms with E-state index in [4.69, 9.17) is 5.73 Å². The van der Waals surface area contributed by atoms with Gasteiger partial charge in [0.2, 0.25) is 0 Å². The van der Waals surface area contributed by atoms with Crippen LogP contribution < -0.4 is 5.73 Å². The summed E-state index contributed by atoms with van der Waals surface area (Å²) < 4.78 is 0. The predicted molar refractivity (Wildman–Crippen MR) is 41.3 cm³/mol. The van der Waals surface area contributed by atoms with E-state index in [0.717, 1.165) is 11.3 Å². The largest absolute Gasteiger partial charge is 0.399 e. The van der Waals surface area contributed by atoms with Crippen molar-refractivity contribution in [2.75, 3.05) is 5.73 Å². The van der Waals surface area contributed by atoms with Gasteiger partial charge in [-0.25, -0.2) is 0 Å². The van der Waals surface area contributed by atoms with Crippen LogP contribution in [0.1, 0.15) is 5.56 Å². The maximum atomic E-state index is 5.52. The van der Waals surface area contributed by atoms with E-state index in [2.05, 4.69) is 0 Å². The van der Waals surface area contributed by atoms with Gasteiger partial charge in [0, 0.05) is 24.5 Å². The second-order valence-electron chi connectivity index (χ2n) is 1.86. The molecule has 2 N–H and O–H groups in total. The van der Waals surface area contributed by atoms with E-state index in [0.29, 0.717) is 0 Å². The number of nitrogens with two attached hydrogens (primary N) is 1. The van der Waals surface area contributed by atoms with E-state index in [1.165, 1.54) is 0 Å². The molecule has 0 aliphatic carbocycles. The molecule has 0 bridgehead atoms. The summed E-state index contributed by atoms with van der Waals surface area (Å²) in [5.74, 6) is 0. The molecular weight excluding hydrogens is 105 g/mol. The number of nitrogen functional groups attached to an aromatic ring is 1. The van der Waals surface area contributed by atoms with Gasteiger partial charge in [-0.3, -0.25) is 0 Å². The van der Waals surface area contributed by atoms with Gasteiger partial charge in [-0.2, -0.15) is 0 Å². The second-order valence-corrected chi connectivity index (χ2v) is 1.86. The molecule has 0 aliphatic heterocycles. The van der Waals surface area contributed by atoms with Crippen LogP contribution in [0.25, 0.3) is 0 Å². The van der Waals surface area contributed by atoms with E-state index >= 15 is 0 Å². The van der Waals surface area contributed by atoms with Gasteiger partial charge in [-0.15, -0.1) is 0 Å². The summed E-state index contributed by atoms with van der Waals surface area (Å²) in [5, 5.41) is 0. The minimum absolute atomic E-state index is 0. The topological polar surface area (TPSA) is 26.0 Å². The number of hydrogen-bond acceptors (Lipinski definition) is 1. The molecule has 1 radical (unpaired) electrons. The molecule has 9 heavy (non-hydrogen) atoms. The van der Waals surface area contributed by atoms with E-state index in [1.54, 1.807) is 0 Å². The standard InChI is InChI=1S/C7H9N.Li/c1-6-4-2-3-5-7(6)8;/h2-5H,8H2,1H3;. The summed E-state index contributed by atoms with van der Waals surface area (Å²) in [7, 11) is 0. The van der Waals surface area contributed by atoms with Gasteiger partial charge in [-0.05, 0) is 18.6 Å². The van der Waals surface area contributed by atoms with Crippen LogP contribution in [-0.4, -0.2) is 18.9 Å². The van der Waals surface area contributed by atoms with Crippen LogP contribution in [0.2, 0.25) is 0 Å². The Balaban J connectivity index is 0.000000640. The maximum Gasteiger partial charge on any atom is 0.0343 e. The van der Waals surface area contributed by atoms with E-state index in [1.807, 2.05) is 31.2 Å². The fraction of sp³-hybridized carbons (Fsp3) is 0.143. The van der Waals surface area contributed by atoms with Crippen molar-refractivity contribution in [1.82, 2.24) is 0 Å². The Hall–Kier alpha value is -0.383. The SMILES string of the molecule is Cc1ccccc1N.[Li]. The first kappa shape index (κ1) is 8.62. The predicted octanol–water partition coefficient (Wildman–Crippen LogP) is 1.20. The molecule has 1 rings (SSSR count).